The summed E-state index contributed by atoms with van der Waals surface area (Å²) < 4.78 is 1.80. The first-order valence-electron chi connectivity index (χ1n) is 5.35. The minimum Gasteiger partial charge on any atom is -0.384 e. The van der Waals surface area contributed by atoms with Crippen LogP contribution in [0.4, 0.5) is 5.82 Å². The van der Waals surface area contributed by atoms with Crippen LogP contribution in [0.15, 0.2) is 42.6 Å². The van der Waals surface area contributed by atoms with Crippen LogP contribution in [0.2, 0.25) is 0 Å². The summed E-state index contributed by atoms with van der Waals surface area (Å²) in [5.41, 5.74) is 7.46. The summed E-state index contributed by atoms with van der Waals surface area (Å²) in [6, 6.07) is 11.4. The van der Waals surface area contributed by atoms with Crippen LogP contribution in [-0.2, 0) is 0 Å². The number of nitrogens with two attached hydrogens (primary N) is 1. The summed E-state index contributed by atoms with van der Waals surface area (Å²) >= 11 is 0. The lowest BCUT2D eigenvalue weighted by Gasteiger charge is -2.11. The van der Waals surface area contributed by atoms with E-state index in [1.165, 1.54) is 4.90 Å². The van der Waals surface area contributed by atoms with Gasteiger partial charge in [-0.3, -0.25) is 4.79 Å². The zero-order chi connectivity index (χ0) is 12.4. The van der Waals surface area contributed by atoms with Crippen molar-refractivity contribution >= 4 is 11.7 Å². The molecule has 1 aromatic carbocycles. The number of aromatic nitrogens is 1. The van der Waals surface area contributed by atoms with Crippen LogP contribution in [-0.4, -0.2) is 29.5 Å². The Labute approximate surface area is 100 Å². The van der Waals surface area contributed by atoms with E-state index < -0.39 is 0 Å². The molecule has 0 aliphatic rings. The average Bonchev–Trinajstić information content (AvgIpc) is 2.71. The first-order valence-corrected chi connectivity index (χ1v) is 5.35. The number of nitrogens with zero attached hydrogens (tertiary/aromatic N) is 2. The molecule has 0 aliphatic heterocycles. The van der Waals surface area contributed by atoms with Crippen molar-refractivity contribution in [1.29, 1.82) is 0 Å². The molecule has 0 saturated heterocycles. The molecule has 0 saturated carbocycles. The lowest BCUT2D eigenvalue weighted by molar-refractivity contribution is 0.0829. The number of carbonyl (C=O) groups excluding carboxylic acids is 1. The monoisotopic (exact) mass is 229 g/mol. The summed E-state index contributed by atoms with van der Waals surface area (Å²) in [4.78, 5) is 13.4. The highest BCUT2D eigenvalue weighted by Crippen LogP contribution is 2.20. The Kier molecular flexibility index (Phi) is 2.87. The van der Waals surface area contributed by atoms with Crippen LogP contribution in [0.1, 0.15) is 10.4 Å². The minimum absolute atomic E-state index is 0.0859. The molecule has 88 valence electrons. The molecule has 0 radical (unpaired) electrons. The van der Waals surface area contributed by atoms with Gasteiger partial charge in [0.2, 0.25) is 0 Å². The third-order valence-corrected chi connectivity index (χ3v) is 2.60. The Balaban J connectivity index is 2.44. The summed E-state index contributed by atoms with van der Waals surface area (Å²) in [6.07, 6.45) is 1.81. The van der Waals surface area contributed by atoms with Gasteiger partial charge in [-0.25, -0.2) is 0 Å². The van der Waals surface area contributed by atoms with E-state index in [2.05, 4.69) is 0 Å². The normalized spacial score (nSPS) is 10.2. The maximum absolute atomic E-state index is 11.8. The molecule has 17 heavy (non-hydrogen) atoms. The number of carbonyl (C=O) groups is 1. The Morgan fingerprint density at radius 1 is 1.18 bits per heavy atom. The van der Waals surface area contributed by atoms with Crippen LogP contribution < -0.4 is 5.73 Å². The van der Waals surface area contributed by atoms with Crippen molar-refractivity contribution in [1.82, 2.24) is 9.47 Å². The second kappa shape index (κ2) is 4.33. The number of rotatable bonds is 2. The van der Waals surface area contributed by atoms with E-state index >= 15 is 0 Å². The van der Waals surface area contributed by atoms with E-state index in [1.54, 1.807) is 30.9 Å². The zero-order valence-corrected chi connectivity index (χ0v) is 9.92. The highest BCUT2D eigenvalue weighted by molar-refractivity contribution is 5.98. The quantitative estimate of drug-likeness (QED) is 0.853. The highest BCUT2D eigenvalue weighted by atomic mass is 16.2. The van der Waals surface area contributed by atoms with Gasteiger partial charge in [0.15, 0.2) is 0 Å². The SMILES string of the molecule is CN(C)C(=O)c1ccn(-c2ccccc2)c1N. The standard InChI is InChI=1S/C13H15N3O/c1-15(2)13(17)11-8-9-16(12(11)14)10-6-4-3-5-7-10/h3-9H,14H2,1-2H3. The molecule has 1 heterocycles. The number of hydrogen-bond donors (Lipinski definition) is 1. The van der Waals surface area contributed by atoms with Crippen LogP contribution in [0.5, 0.6) is 0 Å². The number of anilines is 1. The molecule has 4 nitrogen and oxygen atoms in total. The third kappa shape index (κ3) is 2.01. The fourth-order valence-corrected chi connectivity index (χ4v) is 1.68. The molecule has 0 bridgehead atoms. The molecule has 2 rings (SSSR count). The first kappa shape index (κ1) is 11.3. The predicted octanol–water partition coefficient (Wildman–Crippen LogP) is 1.76. The van der Waals surface area contributed by atoms with Crippen molar-refractivity contribution in [2.45, 2.75) is 0 Å². The molecule has 0 unspecified atom stereocenters. The van der Waals surface area contributed by atoms with Crippen molar-refractivity contribution in [2.75, 3.05) is 19.8 Å². The maximum atomic E-state index is 11.8. The molecule has 1 aromatic heterocycles. The van der Waals surface area contributed by atoms with E-state index in [-0.39, 0.29) is 5.91 Å². The minimum atomic E-state index is -0.0859. The maximum Gasteiger partial charge on any atom is 0.257 e. The number of hydrogen-bond acceptors (Lipinski definition) is 2. The van der Waals surface area contributed by atoms with E-state index in [0.29, 0.717) is 11.4 Å². The average molecular weight is 229 g/mol. The van der Waals surface area contributed by atoms with Gasteiger partial charge in [-0.2, -0.15) is 0 Å². The summed E-state index contributed by atoms with van der Waals surface area (Å²) in [7, 11) is 3.42. The van der Waals surface area contributed by atoms with Gasteiger partial charge in [0.1, 0.15) is 5.82 Å². The second-order valence-corrected chi connectivity index (χ2v) is 4.02. The van der Waals surface area contributed by atoms with Crippen LogP contribution in [0, 0.1) is 0 Å². The molecule has 1 amide bonds. The van der Waals surface area contributed by atoms with Crippen LogP contribution in [0.3, 0.4) is 0 Å². The largest absolute Gasteiger partial charge is 0.384 e. The number of para-hydroxylation sites is 1. The van der Waals surface area contributed by atoms with Gasteiger partial charge >= 0.3 is 0 Å². The Morgan fingerprint density at radius 2 is 1.82 bits per heavy atom. The smallest absolute Gasteiger partial charge is 0.257 e. The fraction of sp³-hybridized carbons (Fsp3) is 0.154. The molecule has 0 fully saturated rings. The lowest BCUT2D eigenvalue weighted by Crippen LogP contribution is -2.22. The number of benzene rings is 1. The topological polar surface area (TPSA) is 51.3 Å². The van der Waals surface area contributed by atoms with Gasteiger partial charge in [0.05, 0.1) is 5.56 Å². The summed E-state index contributed by atoms with van der Waals surface area (Å²) in [5, 5.41) is 0. The van der Waals surface area contributed by atoms with Crippen molar-refractivity contribution < 1.29 is 4.79 Å². The van der Waals surface area contributed by atoms with Gasteiger partial charge in [0.25, 0.3) is 5.91 Å². The lowest BCUT2D eigenvalue weighted by atomic mass is 10.3. The van der Waals surface area contributed by atoms with Crippen molar-refractivity contribution in [3.63, 3.8) is 0 Å². The van der Waals surface area contributed by atoms with Gasteiger partial charge in [0, 0.05) is 26.0 Å². The number of nitrogen functional groups attached to an aromatic ring is 1. The van der Waals surface area contributed by atoms with Gasteiger partial charge in [-0.05, 0) is 18.2 Å². The van der Waals surface area contributed by atoms with Gasteiger partial charge in [-0.1, -0.05) is 18.2 Å². The van der Waals surface area contributed by atoms with Crippen LogP contribution in [0.25, 0.3) is 5.69 Å². The van der Waals surface area contributed by atoms with Gasteiger partial charge in [-0.15, -0.1) is 0 Å². The van der Waals surface area contributed by atoms with E-state index in [9.17, 15) is 4.79 Å². The fourth-order valence-electron chi connectivity index (χ4n) is 1.68. The van der Waals surface area contributed by atoms with Crippen LogP contribution >= 0.6 is 0 Å². The first-order chi connectivity index (χ1) is 8.11. The highest BCUT2D eigenvalue weighted by Gasteiger charge is 2.15. The van der Waals surface area contributed by atoms with Crippen molar-refractivity contribution in [3.05, 3.63) is 48.2 Å². The molecule has 2 N–H and O–H groups in total. The molecular weight excluding hydrogens is 214 g/mol. The molecule has 2 aromatic rings. The Hall–Kier alpha value is -2.23. The predicted molar refractivity (Wildman–Crippen MR) is 68.2 cm³/mol. The van der Waals surface area contributed by atoms with Crippen molar-refractivity contribution in [3.8, 4) is 5.69 Å². The Morgan fingerprint density at radius 3 is 2.41 bits per heavy atom. The summed E-state index contributed by atoms with van der Waals surface area (Å²) in [6.45, 7) is 0. The molecule has 4 heteroatoms. The van der Waals surface area contributed by atoms with E-state index in [0.717, 1.165) is 5.69 Å². The summed E-state index contributed by atoms with van der Waals surface area (Å²) in [5.74, 6) is 0.382. The molecule has 0 aliphatic carbocycles. The molecular formula is C13H15N3O. The van der Waals surface area contributed by atoms with E-state index in [4.69, 9.17) is 5.73 Å². The second-order valence-electron chi connectivity index (χ2n) is 4.02. The number of amides is 1. The third-order valence-electron chi connectivity index (χ3n) is 2.60. The molecule has 0 spiro atoms. The zero-order valence-electron chi connectivity index (χ0n) is 9.92. The Bertz CT molecular complexity index is 529. The molecule has 0 atom stereocenters. The van der Waals surface area contributed by atoms with Crippen molar-refractivity contribution in [2.24, 2.45) is 0 Å². The van der Waals surface area contributed by atoms with E-state index in [1.807, 2.05) is 30.3 Å². The van der Waals surface area contributed by atoms with Gasteiger partial charge < -0.3 is 15.2 Å².